The van der Waals surface area contributed by atoms with Gasteiger partial charge in [-0.1, -0.05) is 6.07 Å². The molecule has 1 aliphatic heterocycles. The second-order valence-corrected chi connectivity index (χ2v) is 7.06. The first-order valence-electron chi connectivity index (χ1n) is 9.53. The van der Waals surface area contributed by atoms with Gasteiger partial charge in [0.15, 0.2) is 11.5 Å². The Morgan fingerprint density at radius 1 is 1.18 bits per heavy atom. The van der Waals surface area contributed by atoms with Crippen molar-refractivity contribution in [3.05, 3.63) is 53.6 Å². The first-order valence-corrected chi connectivity index (χ1v) is 9.53. The van der Waals surface area contributed by atoms with Crippen LogP contribution in [0.25, 0.3) is 0 Å². The average molecular weight is 384 g/mol. The Balaban J connectivity index is 1.56. The lowest BCUT2D eigenvalue weighted by Crippen LogP contribution is -2.23. The van der Waals surface area contributed by atoms with E-state index < -0.39 is 0 Å². The number of amides is 1. The summed E-state index contributed by atoms with van der Waals surface area (Å²) in [5, 5.41) is 2.94. The monoisotopic (exact) mass is 384 g/mol. The van der Waals surface area contributed by atoms with Gasteiger partial charge in [0.2, 0.25) is 0 Å². The number of nitrogens with one attached hydrogen (secondary N) is 1. The topological polar surface area (TPSA) is 60.0 Å². The van der Waals surface area contributed by atoms with Crippen molar-refractivity contribution in [3.8, 4) is 11.5 Å². The maximum absolute atomic E-state index is 12.4. The van der Waals surface area contributed by atoms with Crippen LogP contribution in [0.5, 0.6) is 11.5 Å². The van der Waals surface area contributed by atoms with Crippen LogP contribution >= 0.6 is 0 Å². The van der Waals surface area contributed by atoms with Crippen molar-refractivity contribution in [1.29, 1.82) is 0 Å². The molecule has 1 atom stereocenters. The second kappa shape index (κ2) is 9.46. The molecular weight excluding hydrogens is 356 g/mol. The van der Waals surface area contributed by atoms with Crippen LogP contribution in [0, 0.1) is 0 Å². The lowest BCUT2D eigenvalue weighted by molar-refractivity contribution is 0.0669. The van der Waals surface area contributed by atoms with Gasteiger partial charge in [0.1, 0.15) is 6.61 Å². The van der Waals surface area contributed by atoms with E-state index in [1.165, 1.54) is 0 Å². The Morgan fingerprint density at radius 2 is 1.96 bits per heavy atom. The lowest BCUT2D eigenvalue weighted by Gasteiger charge is -2.15. The number of nitrogens with zero attached hydrogens (tertiary/aromatic N) is 1. The highest BCUT2D eigenvalue weighted by Crippen LogP contribution is 2.29. The molecule has 1 aliphatic rings. The van der Waals surface area contributed by atoms with E-state index in [1.807, 2.05) is 61.5 Å². The van der Waals surface area contributed by atoms with Crippen molar-refractivity contribution in [3.63, 3.8) is 0 Å². The second-order valence-electron chi connectivity index (χ2n) is 7.06. The molecule has 1 fully saturated rings. The van der Waals surface area contributed by atoms with E-state index in [-0.39, 0.29) is 12.0 Å². The third-order valence-corrected chi connectivity index (χ3v) is 4.78. The maximum atomic E-state index is 12.4. The molecule has 0 saturated carbocycles. The van der Waals surface area contributed by atoms with E-state index in [0.29, 0.717) is 30.2 Å². The molecule has 2 aromatic carbocycles. The smallest absolute Gasteiger partial charge is 0.251 e. The van der Waals surface area contributed by atoms with Gasteiger partial charge in [-0.05, 0) is 54.8 Å². The van der Waals surface area contributed by atoms with Gasteiger partial charge in [-0.15, -0.1) is 0 Å². The quantitative estimate of drug-likeness (QED) is 0.757. The summed E-state index contributed by atoms with van der Waals surface area (Å²) in [5.74, 6) is 1.23. The zero-order chi connectivity index (χ0) is 19.9. The molecule has 2 aromatic rings. The van der Waals surface area contributed by atoms with Crippen molar-refractivity contribution in [2.45, 2.75) is 25.5 Å². The number of rotatable bonds is 8. The Bertz CT molecular complexity index is 784. The van der Waals surface area contributed by atoms with Crippen molar-refractivity contribution in [2.75, 3.05) is 39.3 Å². The summed E-state index contributed by atoms with van der Waals surface area (Å²) in [6.45, 7) is 1.74. The Labute approximate surface area is 166 Å². The van der Waals surface area contributed by atoms with Crippen molar-refractivity contribution < 1.29 is 19.0 Å². The van der Waals surface area contributed by atoms with Gasteiger partial charge in [0.25, 0.3) is 5.91 Å². The minimum Gasteiger partial charge on any atom is -0.493 e. The van der Waals surface area contributed by atoms with E-state index in [1.54, 1.807) is 7.11 Å². The van der Waals surface area contributed by atoms with Gasteiger partial charge in [0, 0.05) is 38.5 Å². The molecule has 1 heterocycles. The van der Waals surface area contributed by atoms with Gasteiger partial charge >= 0.3 is 0 Å². The molecular formula is C22H28N2O4. The SMILES string of the molecule is COc1cc(CNC(=O)c2ccc(N(C)C)cc2)ccc1OCC1CCCO1. The van der Waals surface area contributed by atoms with Gasteiger partial charge in [-0.3, -0.25) is 4.79 Å². The highest BCUT2D eigenvalue weighted by Gasteiger charge is 2.17. The number of carbonyl (C=O) groups is 1. The van der Waals surface area contributed by atoms with Gasteiger partial charge < -0.3 is 24.4 Å². The van der Waals surface area contributed by atoms with E-state index in [9.17, 15) is 4.79 Å². The molecule has 1 unspecified atom stereocenters. The lowest BCUT2D eigenvalue weighted by atomic mass is 10.1. The summed E-state index contributed by atoms with van der Waals surface area (Å²) in [4.78, 5) is 14.4. The largest absolute Gasteiger partial charge is 0.493 e. The van der Waals surface area contributed by atoms with Crippen LogP contribution in [0.3, 0.4) is 0 Å². The van der Waals surface area contributed by atoms with Crippen molar-refractivity contribution >= 4 is 11.6 Å². The minimum atomic E-state index is -0.108. The molecule has 3 rings (SSSR count). The molecule has 1 saturated heterocycles. The number of ether oxygens (including phenoxy) is 3. The number of hydrogen-bond donors (Lipinski definition) is 1. The molecule has 0 aliphatic carbocycles. The predicted octanol–water partition coefficient (Wildman–Crippen LogP) is 3.25. The van der Waals surface area contributed by atoms with Crippen LogP contribution in [0.15, 0.2) is 42.5 Å². The van der Waals surface area contributed by atoms with Crippen LogP contribution in [0.4, 0.5) is 5.69 Å². The fraction of sp³-hybridized carbons (Fsp3) is 0.409. The predicted molar refractivity (Wildman–Crippen MR) is 109 cm³/mol. The van der Waals surface area contributed by atoms with E-state index in [2.05, 4.69) is 5.32 Å². The number of hydrogen-bond acceptors (Lipinski definition) is 5. The van der Waals surface area contributed by atoms with Crippen LogP contribution < -0.4 is 19.7 Å². The highest BCUT2D eigenvalue weighted by molar-refractivity contribution is 5.94. The Hall–Kier alpha value is -2.73. The standard InChI is InChI=1S/C22H28N2O4/c1-24(2)18-9-7-17(8-10-18)22(25)23-14-16-6-11-20(21(13-16)26-3)28-15-19-5-4-12-27-19/h6-11,13,19H,4-5,12,14-15H2,1-3H3,(H,23,25). The zero-order valence-electron chi connectivity index (χ0n) is 16.7. The van der Waals surface area contributed by atoms with Crippen LogP contribution in [-0.2, 0) is 11.3 Å². The molecule has 28 heavy (non-hydrogen) atoms. The molecule has 150 valence electrons. The minimum absolute atomic E-state index is 0.108. The Morgan fingerprint density at radius 3 is 2.61 bits per heavy atom. The number of anilines is 1. The maximum Gasteiger partial charge on any atom is 0.251 e. The number of benzene rings is 2. The number of methoxy groups -OCH3 is 1. The molecule has 6 nitrogen and oxygen atoms in total. The van der Waals surface area contributed by atoms with Crippen LogP contribution in [0.1, 0.15) is 28.8 Å². The summed E-state index contributed by atoms with van der Waals surface area (Å²) < 4.78 is 16.9. The third-order valence-electron chi connectivity index (χ3n) is 4.78. The van der Waals surface area contributed by atoms with Gasteiger partial charge in [0.05, 0.1) is 13.2 Å². The normalized spacial score (nSPS) is 15.9. The van der Waals surface area contributed by atoms with E-state index >= 15 is 0 Å². The molecule has 1 N–H and O–H groups in total. The molecule has 0 spiro atoms. The summed E-state index contributed by atoms with van der Waals surface area (Å²) in [6.07, 6.45) is 2.27. The molecule has 0 aromatic heterocycles. The Kier molecular flexibility index (Phi) is 6.76. The third kappa shape index (κ3) is 5.16. The van der Waals surface area contributed by atoms with E-state index in [0.717, 1.165) is 30.7 Å². The number of carbonyl (C=O) groups excluding carboxylic acids is 1. The molecule has 6 heteroatoms. The summed E-state index contributed by atoms with van der Waals surface area (Å²) >= 11 is 0. The summed E-state index contributed by atoms with van der Waals surface area (Å²) in [7, 11) is 5.55. The first kappa shape index (κ1) is 20.0. The fourth-order valence-corrected chi connectivity index (χ4v) is 3.10. The van der Waals surface area contributed by atoms with Gasteiger partial charge in [-0.25, -0.2) is 0 Å². The molecule has 0 bridgehead atoms. The van der Waals surface area contributed by atoms with Gasteiger partial charge in [-0.2, -0.15) is 0 Å². The first-order chi connectivity index (χ1) is 13.6. The molecule has 0 radical (unpaired) electrons. The van der Waals surface area contributed by atoms with Crippen molar-refractivity contribution in [1.82, 2.24) is 5.32 Å². The molecule has 1 amide bonds. The fourth-order valence-electron chi connectivity index (χ4n) is 3.10. The average Bonchev–Trinajstić information content (AvgIpc) is 3.24. The van der Waals surface area contributed by atoms with Crippen molar-refractivity contribution in [2.24, 2.45) is 0 Å². The summed E-state index contributed by atoms with van der Waals surface area (Å²) in [5.41, 5.74) is 2.63. The summed E-state index contributed by atoms with van der Waals surface area (Å²) in [6, 6.07) is 13.2. The zero-order valence-corrected chi connectivity index (χ0v) is 16.7. The highest BCUT2D eigenvalue weighted by atomic mass is 16.5. The van der Waals surface area contributed by atoms with Crippen LogP contribution in [-0.4, -0.2) is 46.4 Å². The van der Waals surface area contributed by atoms with Crippen LogP contribution in [0.2, 0.25) is 0 Å². The van der Waals surface area contributed by atoms with E-state index in [4.69, 9.17) is 14.2 Å².